The molecule has 1 aliphatic carbocycles. The van der Waals surface area contributed by atoms with Crippen LogP contribution in [0.1, 0.15) is 35.4 Å². The van der Waals surface area contributed by atoms with Crippen molar-refractivity contribution in [1.29, 1.82) is 0 Å². The summed E-state index contributed by atoms with van der Waals surface area (Å²) in [5.74, 6) is -1.08. The van der Waals surface area contributed by atoms with Crippen molar-refractivity contribution in [3.63, 3.8) is 0 Å². The van der Waals surface area contributed by atoms with E-state index >= 15 is 0 Å². The van der Waals surface area contributed by atoms with E-state index in [1.54, 1.807) is 19.1 Å². The van der Waals surface area contributed by atoms with Gasteiger partial charge in [0, 0.05) is 12.5 Å². The SMILES string of the molecule is CCOC(=O)C(CNC(=O)OCC1c2ccccc2-c2ccccc21)c1ccc(O)cc1. The van der Waals surface area contributed by atoms with Gasteiger partial charge in [-0.25, -0.2) is 4.79 Å². The average Bonchev–Trinajstić information content (AvgIpc) is 3.13. The highest BCUT2D eigenvalue weighted by molar-refractivity contribution is 5.80. The number of hydrogen-bond donors (Lipinski definition) is 2. The quantitative estimate of drug-likeness (QED) is 0.535. The largest absolute Gasteiger partial charge is 0.508 e. The van der Waals surface area contributed by atoms with E-state index in [-0.39, 0.29) is 31.4 Å². The predicted octanol–water partition coefficient (Wildman–Crippen LogP) is 4.58. The molecule has 0 saturated carbocycles. The summed E-state index contributed by atoms with van der Waals surface area (Å²) in [6.07, 6.45) is -0.597. The number of phenols is 1. The van der Waals surface area contributed by atoms with E-state index in [4.69, 9.17) is 9.47 Å². The second kappa shape index (κ2) is 9.56. The maximum Gasteiger partial charge on any atom is 0.407 e. The monoisotopic (exact) mass is 431 g/mol. The summed E-state index contributed by atoms with van der Waals surface area (Å²) in [6, 6.07) is 22.5. The van der Waals surface area contributed by atoms with Crippen molar-refractivity contribution >= 4 is 12.1 Å². The van der Waals surface area contributed by atoms with Gasteiger partial charge in [0.1, 0.15) is 12.4 Å². The molecule has 6 heteroatoms. The minimum atomic E-state index is -0.698. The number of rotatable bonds is 7. The zero-order chi connectivity index (χ0) is 22.5. The lowest BCUT2D eigenvalue weighted by Gasteiger charge is -2.18. The Labute approximate surface area is 186 Å². The van der Waals surface area contributed by atoms with Gasteiger partial charge in [0.05, 0.1) is 12.5 Å². The maximum absolute atomic E-state index is 12.5. The van der Waals surface area contributed by atoms with Gasteiger partial charge in [-0.1, -0.05) is 60.7 Å². The molecule has 0 aromatic heterocycles. The van der Waals surface area contributed by atoms with E-state index in [0.717, 1.165) is 22.3 Å². The standard InChI is InChI=1S/C26H25NO5/c1-2-31-25(29)23(17-11-13-18(28)14-12-17)15-27-26(30)32-16-24-21-9-5-3-7-19(21)20-8-4-6-10-22(20)24/h3-14,23-24,28H,2,15-16H2,1H3,(H,27,30). The van der Waals surface area contributed by atoms with Crippen LogP contribution in [0.15, 0.2) is 72.8 Å². The summed E-state index contributed by atoms with van der Waals surface area (Å²) < 4.78 is 10.7. The first kappa shape index (κ1) is 21.4. The first-order valence-electron chi connectivity index (χ1n) is 10.6. The molecule has 0 radical (unpaired) electrons. The Bertz CT molecular complexity index is 1060. The molecule has 0 fully saturated rings. The number of aromatic hydroxyl groups is 1. The summed E-state index contributed by atoms with van der Waals surface area (Å²) in [5.41, 5.74) is 5.23. The predicted molar refractivity (Wildman–Crippen MR) is 121 cm³/mol. The van der Waals surface area contributed by atoms with E-state index in [1.165, 1.54) is 12.1 Å². The number of benzene rings is 3. The molecule has 1 atom stereocenters. The molecule has 1 aliphatic rings. The number of ether oxygens (including phenoxy) is 2. The number of carbonyl (C=O) groups excluding carboxylic acids is 2. The minimum Gasteiger partial charge on any atom is -0.508 e. The maximum atomic E-state index is 12.5. The molecule has 32 heavy (non-hydrogen) atoms. The fourth-order valence-electron chi connectivity index (χ4n) is 4.12. The molecular formula is C26H25NO5. The van der Waals surface area contributed by atoms with E-state index in [9.17, 15) is 14.7 Å². The van der Waals surface area contributed by atoms with Crippen molar-refractivity contribution in [3.05, 3.63) is 89.5 Å². The Morgan fingerprint density at radius 1 is 0.906 bits per heavy atom. The number of hydrogen-bond acceptors (Lipinski definition) is 5. The first-order chi connectivity index (χ1) is 15.6. The number of nitrogens with one attached hydrogen (secondary N) is 1. The van der Waals surface area contributed by atoms with Crippen LogP contribution in [0.25, 0.3) is 11.1 Å². The summed E-state index contributed by atoms with van der Waals surface area (Å²) >= 11 is 0. The average molecular weight is 431 g/mol. The number of fused-ring (bicyclic) bond motifs is 3. The van der Waals surface area contributed by atoms with Crippen molar-refractivity contribution in [3.8, 4) is 16.9 Å². The van der Waals surface area contributed by atoms with Crippen LogP contribution in [0.5, 0.6) is 5.75 Å². The molecule has 0 spiro atoms. The van der Waals surface area contributed by atoms with Gasteiger partial charge in [0.15, 0.2) is 0 Å². The summed E-state index contributed by atoms with van der Waals surface area (Å²) in [7, 11) is 0. The van der Waals surface area contributed by atoms with Crippen LogP contribution in [-0.4, -0.2) is 36.9 Å². The van der Waals surface area contributed by atoms with Crippen molar-refractivity contribution in [2.45, 2.75) is 18.8 Å². The zero-order valence-corrected chi connectivity index (χ0v) is 17.8. The Balaban J connectivity index is 1.41. The molecular weight excluding hydrogens is 406 g/mol. The molecule has 0 heterocycles. The zero-order valence-electron chi connectivity index (χ0n) is 17.8. The molecule has 0 saturated heterocycles. The molecule has 2 N–H and O–H groups in total. The molecule has 0 bridgehead atoms. The van der Waals surface area contributed by atoms with Crippen LogP contribution < -0.4 is 5.32 Å². The second-order valence-electron chi connectivity index (χ2n) is 7.60. The Morgan fingerprint density at radius 3 is 2.09 bits per heavy atom. The molecule has 6 nitrogen and oxygen atoms in total. The van der Waals surface area contributed by atoms with Gasteiger partial charge in [-0.15, -0.1) is 0 Å². The van der Waals surface area contributed by atoms with E-state index in [0.29, 0.717) is 5.56 Å². The summed E-state index contributed by atoms with van der Waals surface area (Å²) in [4.78, 5) is 24.9. The number of carbonyl (C=O) groups is 2. The normalized spacial score (nSPS) is 13.0. The molecule has 3 aromatic rings. The second-order valence-corrected chi connectivity index (χ2v) is 7.60. The highest BCUT2D eigenvalue weighted by atomic mass is 16.5. The smallest absolute Gasteiger partial charge is 0.407 e. The minimum absolute atomic E-state index is 0.0281. The fraction of sp³-hybridized carbons (Fsp3) is 0.231. The molecule has 3 aromatic carbocycles. The Morgan fingerprint density at radius 2 is 1.50 bits per heavy atom. The number of phenolic OH excluding ortho intramolecular Hbond substituents is 1. The number of alkyl carbamates (subject to hydrolysis) is 1. The van der Waals surface area contributed by atoms with Crippen LogP contribution in [-0.2, 0) is 14.3 Å². The van der Waals surface area contributed by atoms with Crippen molar-refractivity contribution in [2.24, 2.45) is 0 Å². The van der Waals surface area contributed by atoms with Gasteiger partial charge in [0.2, 0.25) is 0 Å². The van der Waals surface area contributed by atoms with Gasteiger partial charge in [0.25, 0.3) is 0 Å². The van der Waals surface area contributed by atoms with E-state index in [1.807, 2.05) is 24.3 Å². The van der Waals surface area contributed by atoms with Crippen molar-refractivity contribution in [1.82, 2.24) is 5.32 Å². The van der Waals surface area contributed by atoms with Crippen LogP contribution in [0.4, 0.5) is 4.79 Å². The van der Waals surface area contributed by atoms with Gasteiger partial charge < -0.3 is 19.9 Å². The van der Waals surface area contributed by atoms with Crippen LogP contribution in [0, 0.1) is 0 Å². The third-order valence-corrected chi connectivity index (χ3v) is 5.66. The number of amides is 1. The summed E-state index contributed by atoms with van der Waals surface area (Å²) in [6.45, 7) is 2.19. The van der Waals surface area contributed by atoms with Crippen LogP contribution in [0.2, 0.25) is 0 Å². The van der Waals surface area contributed by atoms with Crippen molar-refractivity contribution in [2.75, 3.05) is 19.8 Å². The molecule has 1 amide bonds. The third-order valence-electron chi connectivity index (χ3n) is 5.66. The lowest BCUT2D eigenvalue weighted by atomic mass is 9.98. The Kier molecular flexibility index (Phi) is 6.40. The first-order valence-corrected chi connectivity index (χ1v) is 10.6. The van der Waals surface area contributed by atoms with Gasteiger partial charge in [-0.05, 0) is 46.9 Å². The fourth-order valence-corrected chi connectivity index (χ4v) is 4.12. The number of esters is 1. The van der Waals surface area contributed by atoms with Crippen LogP contribution >= 0.6 is 0 Å². The molecule has 4 rings (SSSR count). The van der Waals surface area contributed by atoms with Gasteiger partial charge in [-0.2, -0.15) is 0 Å². The van der Waals surface area contributed by atoms with E-state index < -0.39 is 18.0 Å². The third kappa shape index (κ3) is 4.44. The molecule has 164 valence electrons. The van der Waals surface area contributed by atoms with E-state index in [2.05, 4.69) is 29.6 Å². The lowest BCUT2D eigenvalue weighted by molar-refractivity contribution is -0.144. The van der Waals surface area contributed by atoms with Crippen molar-refractivity contribution < 1.29 is 24.2 Å². The highest BCUT2D eigenvalue weighted by Crippen LogP contribution is 2.44. The molecule has 1 unspecified atom stereocenters. The summed E-state index contributed by atoms with van der Waals surface area (Å²) in [5, 5.41) is 12.2. The Hall–Kier alpha value is -3.80. The highest BCUT2D eigenvalue weighted by Gasteiger charge is 2.29. The topological polar surface area (TPSA) is 84.9 Å². The van der Waals surface area contributed by atoms with Gasteiger partial charge >= 0.3 is 12.1 Å². The molecule has 0 aliphatic heterocycles. The van der Waals surface area contributed by atoms with Gasteiger partial charge in [-0.3, -0.25) is 4.79 Å². The lowest BCUT2D eigenvalue weighted by Crippen LogP contribution is -2.33. The van der Waals surface area contributed by atoms with Crippen LogP contribution in [0.3, 0.4) is 0 Å².